The maximum atomic E-state index is 5.68. The van der Waals surface area contributed by atoms with Crippen LogP contribution in [-0.4, -0.2) is 10.2 Å². The Kier molecular flexibility index (Phi) is 3.18. The number of nitrogens with two attached hydrogens (primary N) is 1. The maximum absolute atomic E-state index is 5.68. The van der Waals surface area contributed by atoms with Gasteiger partial charge in [-0.25, -0.2) is 5.43 Å². The zero-order valence-corrected chi connectivity index (χ0v) is 10.3. The van der Waals surface area contributed by atoms with E-state index >= 15 is 0 Å². The predicted octanol–water partition coefficient (Wildman–Crippen LogP) is 2.18. The molecule has 19 heavy (non-hydrogen) atoms. The molecule has 1 unspecified atom stereocenters. The third kappa shape index (κ3) is 2.31. The Morgan fingerprint density at radius 3 is 2.47 bits per heavy atom. The quantitative estimate of drug-likeness (QED) is 0.552. The van der Waals surface area contributed by atoms with Gasteiger partial charge in [0, 0.05) is 6.20 Å². The number of hydrogen-bond donors (Lipinski definition) is 2. The van der Waals surface area contributed by atoms with Crippen LogP contribution in [0.5, 0.6) is 0 Å². The summed E-state index contributed by atoms with van der Waals surface area (Å²) < 4.78 is 0. The summed E-state index contributed by atoms with van der Waals surface area (Å²) in [5.41, 5.74) is 4.93. The third-order valence-corrected chi connectivity index (χ3v) is 3.21. The normalized spacial score (nSPS) is 12.5. The number of rotatable bonds is 3. The number of nitrogens with zero attached hydrogens (tertiary/aromatic N) is 2. The fraction of sp³-hybridized carbons (Fsp3) is 0.0667. The Labute approximate surface area is 111 Å². The summed E-state index contributed by atoms with van der Waals surface area (Å²) in [6.07, 6.45) is 3.39. The number of nitrogens with one attached hydrogen (secondary N) is 1. The lowest BCUT2D eigenvalue weighted by atomic mass is 9.98. The number of hydrazine groups is 1. The molecule has 3 aromatic rings. The van der Waals surface area contributed by atoms with Gasteiger partial charge in [0.05, 0.1) is 12.2 Å². The van der Waals surface area contributed by atoms with Gasteiger partial charge in [-0.1, -0.05) is 36.4 Å². The first-order chi connectivity index (χ1) is 9.38. The number of benzene rings is 2. The van der Waals surface area contributed by atoms with Crippen molar-refractivity contribution in [2.75, 3.05) is 0 Å². The predicted molar refractivity (Wildman–Crippen MR) is 75.1 cm³/mol. The highest BCUT2D eigenvalue weighted by molar-refractivity contribution is 5.83. The zero-order chi connectivity index (χ0) is 13.1. The first-order valence-electron chi connectivity index (χ1n) is 6.10. The highest BCUT2D eigenvalue weighted by Gasteiger charge is 2.12. The molecular weight excluding hydrogens is 236 g/mol. The third-order valence-electron chi connectivity index (χ3n) is 3.21. The average Bonchev–Trinajstić information content (AvgIpc) is 2.49. The molecule has 1 aromatic heterocycles. The molecule has 4 heteroatoms. The second kappa shape index (κ2) is 5.14. The Hall–Kier alpha value is -2.30. The number of fused-ring (bicyclic) bond motifs is 1. The highest BCUT2D eigenvalue weighted by atomic mass is 15.2. The van der Waals surface area contributed by atoms with Crippen molar-refractivity contribution in [1.82, 2.24) is 15.6 Å². The molecule has 0 spiro atoms. The van der Waals surface area contributed by atoms with Gasteiger partial charge < -0.3 is 0 Å². The lowest BCUT2D eigenvalue weighted by molar-refractivity contribution is 0.633. The standard InChI is InChI=1S/C15H14N4/c16-19-15(14-7-8-17-18-10-14)13-6-5-11-3-1-2-4-12(11)9-13/h1-10,15,19H,16H2. The first kappa shape index (κ1) is 11.8. The Morgan fingerprint density at radius 2 is 1.74 bits per heavy atom. The van der Waals surface area contributed by atoms with Crippen molar-refractivity contribution in [3.8, 4) is 0 Å². The molecule has 0 aliphatic rings. The van der Waals surface area contributed by atoms with Crippen LogP contribution in [-0.2, 0) is 0 Å². The van der Waals surface area contributed by atoms with Crippen LogP contribution < -0.4 is 11.3 Å². The van der Waals surface area contributed by atoms with E-state index in [1.807, 2.05) is 18.2 Å². The molecule has 0 fully saturated rings. The van der Waals surface area contributed by atoms with Gasteiger partial charge in [0.15, 0.2) is 0 Å². The molecule has 0 aliphatic carbocycles. The fourth-order valence-electron chi connectivity index (χ4n) is 2.24. The van der Waals surface area contributed by atoms with Gasteiger partial charge in [-0.05, 0) is 34.0 Å². The minimum absolute atomic E-state index is 0.0832. The smallest absolute Gasteiger partial charge is 0.0726 e. The van der Waals surface area contributed by atoms with Gasteiger partial charge >= 0.3 is 0 Å². The van der Waals surface area contributed by atoms with E-state index in [1.165, 1.54) is 10.8 Å². The monoisotopic (exact) mass is 250 g/mol. The summed E-state index contributed by atoms with van der Waals surface area (Å²) in [4.78, 5) is 0. The summed E-state index contributed by atoms with van der Waals surface area (Å²) >= 11 is 0. The molecule has 0 saturated carbocycles. The van der Waals surface area contributed by atoms with Gasteiger partial charge in [0.1, 0.15) is 0 Å². The second-order valence-electron chi connectivity index (χ2n) is 4.38. The van der Waals surface area contributed by atoms with Gasteiger partial charge in [0.2, 0.25) is 0 Å². The second-order valence-corrected chi connectivity index (χ2v) is 4.38. The topological polar surface area (TPSA) is 63.8 Å². The van der Waals surface area contributed by atoms with Crippen molar-refractivity contribution in [3.63, 3.8) is 0 Å². The minimum Gasteiger partial charge on any atom is -0.271 e. The molecule has 3 rings (SSSR count). The minimum atomic E-state index is -0.0832. The van der Waals surface area contributed by atoms with E-state index in [2.05, 4.69) is 46.0 Å². The van der Waals surface area contributed by atoms with E-state index in [0.29, 0.717) is 0 Å². The highest BCUT2D eigenvalue weighted by Crippen LogP contribution is 2.24. The zero-order valence-electron chi connectivity index (χ0n) is 10.3. The summed E-state index contributed by atoms with van der Waals surface area (Å²) in [7, 11) is 0. The van der Waals surface area contributed by atoms with Crippen LogP contribution in [0.25, 0.3) is 10.8 Å². The molecular formula is C15H14N4. The van der Waals surface area contributed by atoms with E-state index < -0.39 is 0 Å². The van der Waals surface area contributed by atoms with Crippen molar-refractivity contribution < 1.29 is 0 Å². The summed E-state index contributed by atoms with van der Waals surface area (Å²) in [6.45, 7) is 0. The molecule has 0 saturated heterocycles. The van der Waals surface area contributed by atoms with Crippen molar-refractivity contribution in [2.45, 2.75) is 6.04 Å². The van der Waals surface area contributed by atoms with Crippen LogP contribution >= 0.6 is 0 Å². The SMILES string of the molecule is NNC(c1ccnnc1)c1ccc2ccccc2c1. The molecule has 0 radical (unpaired) electrons. The summed E-state index contributed by atoms with van der Waals surface area (Å²) in [6, 6.07) is 16.4. The van der Waals surface area contributed by atoms with Gasteiger partial charge in [-0.2, -0.15) is 10.2 Å². The molecule has 1 atom stereocenters. The van der Waals surface area contributed by atoms with E-state index in [-0.39, 0.29) is 6.04 Å². The van der Waals surface area contributed by atoms with Crippen LogP contribution in [0.3, 0.4) is 0 Å². The Morgan fingerprint density at radius 1 is 0.895 bits per heavy atom. The van der Waals surface area contributed by atoms with E-state index in [4.69, 9.17) is 5.84 Å². The van der Waals surface area contributed by atoms with Crippen molar-refractivity contribution in [3.05, 3.63) is 72.1 Å². The van der Waals surface area contributed by atoms with E-state index in [0.717, 1.165) is 11.1 Å². The van der Waals surface area contributed by atoms with Gasteiger partial charge in [-0.15, -0.1) is 0 Å². The molecule has 3 N–H and O–H groups in total. The van der Waals surface area contributed by atoms with Crippen LogP contribution in [0.15, 0.2) is 60.9 Å². The van der Waals surface area contributed by atoms with Gasteiger partial charge in [0.25, 0.3) is 0 Å². The summed E-state index contributed by atoms with van der Waals surface area (Å²) in [5, 5.41) is 10.1. The lowest BCUT2D eigenvalue weighted by Gasteiger charge is -2.16. The molecule has 2 aromatic carbocycles. The molecule has 0 amide bonds. The fourth-order valence-corrected chi connectivity index (χ4v) is 2.24. The van der Waals surface area contributed by atoms with E-state index in [1.54, 1.807) is 12.4 Å². The molecule has 94 valence electrons. The Balaban J connectivity index is 2.06. The van der Waals surface area contributed by atoms with Crippen molar-refractivity contribution in [1.29, 1.82) is 0 Å². The molecule has 1 heterocycles. The van der Waals surface area contributed by atoms with Gasteiger partial charge in [-0.3, -0.25) is 5.84 Å². The van der Waals surface area contributed by atoms with Crippen molar-refractivity contribution in [2.24, 2.45) is 5.84 Å². The average molecular weight is 250 g/mol. The lowest BCUT2D eigenvalue weighted by Crippen LogP contribution is -2.28. The molecule has 0 aliphatic heterocycles. The van der Waals surface area contributed by atoms with Crippen molar-refractivity contribution >= 4 is 10.8 Å². The number of aromatic nitrogens is 2. The number of hydrogen-bond acceptors (Lipinski definition) is 4. The van der Waals surface area contributed by atoms with Crippen LogP contribution in [0.2, 0.25) is 0 Å². The summed E-state index contributed by atoms with van der Waals surface area (Å²) in [5.74, 6) is 5.68. The Bertz CT molecular complexity index is 682. The van der Waals surface area contributed by atoms with E-state index in [9.17, 15) is 0 Å². The largest absolute Gasteiger partial charge is 0.271 e. The first-order valence-corrected chi connectivity index (χ1v) is 6.10. The van der Waals surface area contributed by atoms with Crippen LogP contribution in [0.4, 0.5) is 0 Å². The van der Waals surface area contributed by atoms with Crippen LogP contribution in [0.1, 0.15) is 17.2 Å². The molecule has 0 bridgehead atoms. The van der Waals surface area contributed by atoms with Crippen LogP contribution in [0, 0.1) is 0 Å². The molecule has 4 nitrogen and oxygen atoms in total. The maximum Gasteiger partial charge on any atom is 0.0726 e.